The van der Waals surface area contributed by atoms with Crippen molar-refractivity contribution in [1.82, 2.24) is 10.6 Å². The number of urea groups is 1. The van der Waals surface area contributed by atoms with Crippen molar-refractivity contribution in [1.29, 1.82) is 0 Å². The first-order valence-corrected chi connectivity index (χ1v) is 8.67. The van der Waals surface area contributed by atoms with E-state index in [1.807, 2.05) is 30.3 Å². The zero-order valence-corrected chi connectivity index (χ0v) is 14.6. The highest BCUT2D eigenvalue weighted by molar-refractivity contribution is 8.00. The molecule has 2 aromatic carbocycles. The van der Waals surface area contributed by atoms with Gasteiger partial charge in [0.1, 0.15) is 5.82 Å². The van der Waals surface area contributed by atoms with Gasteiger partial charge in [-0.25, -0.2) is 9.18 Å². The van der Waals surface area contributed by atoms with Gasteiger partial charge in [-0.05, 0) is 17.7 Å². The van der Waals surface area contributed by atoms with Crippen molar-refractivity contribution in [3.63, 3.8) is 0 Å². The van der Waals surface area contributed by atoms with Crippen LogP contribution >= 0.6 is 11.8 Å². The van der Waals surface area contributed by atoms with Crippen LogP contribution < -0.4 is 10.6 Å². The Kier molecular flexibility index (Phi) is 7.63. The Hall–Kier alpha value is -2.87. The van der Waals surface area contributed by atoms with E-state index in [1.165, 1.54) is 12.1 Å². The molecule has 0 aliphatic heterocycles. The van der Waals surface area contributed by atoms with Crippen LogP contribution in [0, 0.1) is 5.82 Å². The molecule has 0 saturated heterocycles. The van der Waals surface area contributed by atoms with E-state index in [4.69, 9.17) is 4.74 Å². The lowest BCUT2D eigenvalue weighted by Gasteiger charge is -2.08. The van der Waals surface area contributed by atoms with E-state index in [0.29, 0.717) is 4.90 Å². The Morgan fingerprint density at radius 3 is 2.42 bits per heavy atom. The van der Waals surface area contributed by atoms with Gasteiger partial charge in [0.2, 0.25) is 0 Å². The monoisotopic (exact) mass is 376 g/mol. The highest BCUT2D eigenvalue weighted by Gasteiger charge is 2.12. The summed E-state index contributed by atoms with van der Waals surface area (Å²) < 4.78 is 18.2. The van der Waals surface area contributed by atoms with Crippen LogP contribution in [0.15, 0.2) is 59.5 Å². The van der Waals surface area contributed by atoms with E-state index in [-0.39, 0.29) is 12.3 Å². The molecule has 0 saturated carbocycles. The molecule has 26 heavy (non-hydrogen) atoms. The van der Waals surface area contributed by atoms with E-state index in [2.05, 4.69) is 10.6 Å². The average Bonchev–Trinajstić information content (AvgIpc) is 2.65. The summed E-state index contributed by atoms with van der Waals surface area (Å²) >= 11 is 0.966. The quantitative estimate of drug-likeness (QED) is 0.573. The van der Waals surface area contributed by atoms with Gasteiger partial charge < -0.3 is 10.1 Å². The minimum absolute atomic E-state index is 0.144. The highest BCUT2D eigenvalue weighted by Crippen LogP contribution is 2.20. The smallest absolute Gasteiger partial charge is 0.321 e. The molecule has 6 nitrogen and oxygen atoms in total. The fraction of sp³-hybridized carbons (Fsp3) is 0.167. The van der Waals surface area contributed by atoms with Crippen molar-refractivity contribution in [3.05, 3.63) is 66.0 Å². The topological polar surface area (TPSA) is 84.5 Å². The molecule has 2 aromatic rings. The number of rotatable bonds is 7. The second-order valence-corrected chi connectivity index (χ2v) is 6.11. The Morgan fingerprint density at radius 2 is 1.69 bits per heavy atom. The number of hydrogen-bond acceptors (Lipinski definition) is 5. The molecular weight excluding hydrogens is 359 g/mol. The molecular formula is C18H17FN2O4S. The Balaban J connectivity index is 1.63. The first kappa shape index (κ1) is 19.5. The number of carbonyl (C=O) groups excluding carboxylic acids is 3. The highest BCUT2D eigenvalue weighted by atomic mass is 32.2. The zero-order chi connectivity index (χ0) is 18.8. The fourth-order valence-electron chi connectivity index (χ4n) is 1.87. The minimum atomic E-state index is -0.750. The molecule has 0 fully saturated rings. The van der Waals surface area contributed by atoms with Crippen LogP contribution in [-0.2, 0) is 20.9 Å². The normalized spacial score (nSPS) is 10.0. The van der Waals surface area contributed by atoms with Crippen molar-refractivity contribution < 1.29 is 23.5 Å². The van der Waals surface area contributed by atoms with Gasteiger partial charge >= 0.3 is 12.0 Å². The first-order chi connectivity index (χ1) is 12.5. The first-order valence-electron chi connectivity index (χ1n) is 7.69. The van der Waals surface area contributed by atoms with E-state index in [0.717, 1.165) is 17.3 Å². The SMILES string of the molecule is O=C(COC(=O)CSc1ccccc1F)NC(=O)NCc1ccccc1. The van der Waals surface area contributed by atoms with E-state index in [9.17, 15) is 18.8 Å². The lowest BCUT2D eigenvalue weighted by Crippen LogP contribution is -2.41. The number of hydrogen-bond donors (Lipinski definition) is 2. The molecule has 3 amide bonds. The Morgan fingerprint density at radius 1 is 1.00 bits per heavy atom. The summed E-state index contributed by atoms with van der Waals surface area (Å²) in [5.41, 5.74) is 0.881. The summed E-state index contributed by atoms with van der Waals surface area (Å²) in [6.07, 6.45) is 0. The second-order valence-electron chi connectivity index (χ2n) is 5.10. The molecule has 2 rings (SSSR count). The zero-order valence-electron chi connectivity index (χ0n) is 13.7. The fourth-order valence-corrected chi connectivity index (χ4v) is 2.61. The van der Waals surface area contributed by atoms with Crippen LogP contribution in [-0.4, -0.2) is 30.3 Å². The lowest BCUT2D eigenvalue weighted by molar-refractivity contribution is -0.145. The third-order valence-corrected chi connectivity index (χ3v) is 4.12. The van der Waals surface area contributed by atoms with Crippen LogP contribution in [0.25, 0.3) is 0 Å². The largest absolute Gasteiger partial charge is 0.455 e. The van der Waals surface area contributed by atoms with E-state index < -0.39 is 30.3 Å². The van der Waals surface area contributed by atoms with Crippen LogP contribution in [0.3, 0.4) is 0 Å². The molecule has 2 N–H and O–H groups in total. The molecule has 0 radical (unpaired) electrons. The summed E-state index contributed by atoms with van der Waals surface area (Å²) in [4.78, 5) is 35.1. The van der Waals surface area contributed by atoms with Crippen LogP contribution in [0.5, 0.6) is 0 Å². The number of thioether (sulfide) groups is 1. The van der Waals surface area contributed by atoms with Gasteiger partial charge in [0.05, 0.1) is 5.75 Å². The predicted molar refractivity (Wildman–Crippen MR) is 94.9 cm³/mol. The maximum atomic E-state index is 13.4. The van der Waals surface area contributed by atoms with E-state index >= 15 is 0 Å². The summed E-state index contributed by atoms with van der Waals surface area (Å²) in [7, 11) is 0. The van der Waals surface area contributed by atoms with Gasteiger partial charge in [0.25, 0.3) is 5.91 Å². The molecule has 8 heteroatoms. The molecule has 0 aliphatic rings. The summed E-state index contributed by atoms with van der Waals surface area (Å²) in [6.45, 7) is -0.325. The van der Waals surface area contributed by atoms with Crippen molar-refractivity contribution in [2.45, 2.75) is 11.4 Å². The predicted octanol–water partition coefficient (Wildman–Crippen LogP) is 2.49. The number of esters is 1. The number of amides is 3. The molecule has 0 aliphatic carbocycles. The number of nitrogens with one attached hydrogen (secondary N) is 2. The van der Waals surface area contributed by atoms with Gasteiger partial charge in [-0.3, -0.25) is 14.9 Å². The number of halogens is 1. The standard InChI is InChI=1S/C18H17FN2O4S/c19-14-8-4-5-9-15(14)26-12-17(23)25-11-16(22)21-18(24)20-10-13-6-2-1-3-7-13/h1-9H,10-12H2,(H2,20,21,22,24). The lowest BCUT2D eigenvalue weighted by atomic mass is 10.2. The summed E-state index contributed by atoms with van der Waals surface area (Å²) in [5, 5.41) is 4.57. The van der Waals surface area contributed by atoms with Crippen LogP contribution in [0.1, 0.15) is 5.56 Å². The second kappa shape index (κ2) is 10.2. The average molecular weight is 376 g/mol. The van der Waals surface area contributed by atoms with Crippen LogP contribution in [0.2, 0.25) is 0 Å². The molecule has 0 atom stereocenters. The van der Waals surface area contributed by atoms with Gasteiger partial charge in [-0.15, -0.1) is 11.8 Å². The minimum Gasteiger partial charge on any atom is -0.455 e. The van der Waals surface area contributed by atoms with Crippen molar-refractivity contribution in [2.75, 3.05) is 12.4 Å². The molecule has 136 valence electrons. The molecule has 0 aromatic heterocycles. The molecule has 0 bridgehead atoms. The van der Waals surface area contributed by atoms with Gasteiger partial charge in [0, 0.05) is 11.4 Å². The summed E-state index contributed by atoms with van der Waals surface area (Å²) in [6, 6.07) is 14.5. The third-order valence-electron chi connectivity index (χ3n) is 3.10. The Bertz CT molecular complexity index is 771. The van der Waals surface area contributed by atoms with Crippen LogP contribution in [0.4, 0.5) is 9.18 Å². The maximum absolute atomic E-state index is 13.4. The maximum Gasteiger partial charge on any atom is 0.321 e. The third kappa shape index (κ3) is 6.94. The Labute approximate surface area is 154 Å². The number of benzene rings is 2. The van der Waals surface area contributed by atoms with Gasteiger partial charge in [-0.1, -0.05) is 42.5 Å². The van der Waals surface area contributed by atoms with Crippen molar-refractivity contribution in [3.8, 4) is 0 Å². The molecule has 0 spiro atoms. The van der Waals surface area contributed by atoms with Crippen molar-refractivity contribution in [2.24, 2.45) is 0 Å². The van der Waals surface area contributed by atoms with Gasteiger partial charge in [-0.2, -0.15) is 0 Å². The number of imide groups is 1. The van der Waals surface area contributed by atoms with Crippen molar-refractivity contribution >= 4 is 29.7 Å². The summed E-state index contributed by atoms with van der Waals surface area (Å²) in [5.74, 6) is -2.01. The molecule has 0 heterocycles. The van der Waals surface area contributed by atoms with Gasteiger partial charge in [0.15, 0.2) is 6.61 Å². The number of carbonyl (C=O) groups is 3. The molecule has 0 unspecified atom stereocenters. The number of ether oxygens (including phenoxy) is 1. The van der Waals surface area contributed by atoms with E-state index in [1.54, 1.807) is 12.1 Å².